The lowest BCUT2D eigenvalue weighted by Crippen LogP contribution is -2.14. The van der Waals surface area contributed by atoms with E-state index in [-0.39, 0.29) is 35.0 Å². The standard InChI is InChI=1S/C14H12FN3O3/c15-13-9(4-3-5-10(13)14(16)17)8-21-12-7-2-1-6-11(12)18(19)20/h1-7H,8H2,(H3,16,17). The van der Waals surface area contributed by atoms with Crippen molar-refractivity contribution in [3.8, 4) is 5.75 Å². The van der Waals surface area contributed by atoms with Crippen molar-refractivity contribution in [1.82, 2.24) is 0 Å². The maximum atomic E-state index is 14.1. The molecule has 2 aromatic carbocycles. The first-order chi connectivity index (χ1) is 10.0. The van der Waals surface area contributed by atoms with Crippen LogP contribution >= 0.6 is 0 Å². The number of halogens is 1. The van der Waals surface area contributed by atoms with Gasteiger partial charge in [-0.1, -0.05) is 24.3 Å². The minimum atomic E-state index is -0.663. The van der Waals surface area contributed by atoms with Gasteiger partial charge in [-0.15, -0.1) is 0 Å². The van der Waals surface area contributed by atoms with E-state index in [4.69, 9.17) is 15.9 Å². The van der Waals surface area contributed by atoms with Gasteiger partial charge in [0, 0.05) is 11.6 Å². The van der Waals surface area contributed by atoms with Crippen molar-refractivity contribution in [2.45, 2.75) is 6.61 Å². The van der Waals surface area contributed by atoms with E-state index in [2.05, 4.69) is 0 Å². The molecule has 0 aliphatic carbocycles. The summed E-state index contributed by atoms with van der Waals surface area (Å²) in [6.07, 6.45) is 0. The van der Waals surface area contributed by atoms with Gasteiger partial charge in [0.1, 0.15) is 18.3 Å². The fourth-order valence-electron chi connectivity index (χ4n) is 1.78. The molecule has 0 heterocycles. The number of amidine groups is 1. The van der Waals surface area contributed by atoms with Gasteiger partial charge < -0.3 is 10.5 Å². The number of nitro groups is 1. The van der Waals surface area contributed by atoms with Crippen molar-refractivity contribution < 1.29 is 14.1 Å². The highest BCUT2D eigenvalue weighted by molar-refractivity contribution is 5.95. The van der Waals surface area contributed by atoms with Crippen LogP contribution in [0.25, 0.3) is 0 Å². The van der Waals surface area contributed by atoms with E-state index in [9.17, 15) is 14.5 Å². The van der Waals surface area contributed by atoms with E-state index in [0.29, 0.717) is 0 Å². The minimum Gasteiger partial charge on any atom is -0.482 e. The predicted octanol–water partition coefficient (Wildman–Crippen LogP) is 2.60. The molecule has 0 aliphatic rings. The van der Waals surface area contributed by atoms with Crippen molar-refractivity contribution in [1.29, 1.82) is 5.41 Å². The number of benzene rings is 2. The van der Waals surface area contributed by atoms with E-state index in [1.807, 2.05) is 0 Å². The molecule has 0 saturated carbocycles. The fraction of sp³-hybridized carbons (Fsp3) is 0.0714. The Morgan fingerprint density at radius 3 is 2.67 bits per heavy atom. The van der Waals surface area contributed by atoms with Crippen molar-refractivity contribution in [3.63, 3.8) is 0 Å². The Morgan fingerprint density at radius 1 is 1.29 bits per heavy atom. The summed E-state index contributed by atoms with van der Waals surface area (Å²) in [7, 11) is 0. The maximum absolute atomic E-state index is 14.1. The Kier molecular flexibility index (Phi) is 4.13. The van der Waals surface area contributed by atoms with Gasteiger partial charge >= 0.3 is 5.69 Å². The average molecular weight is 289 g/mol. The monoisotopic (exact) mass is 289 g/mol. The third kappa shape index (κ3) is 3.14. The van der Waals surface area contributed by atoms with Crippen molar-refractivity contribution in [2.24, 2.45) is 5.73 Å². The van der Waals surface area contributed by atoms with Crippen molar-refractivity contribution >= 4 is 11.5 Å². The van der Waals surface area contributed by atoms with Crippen LogP contribution < -0.4 is 10.5 Å². The van der Waals surface area contributed by atoms with Crippen LogP contribution in [0.4, 0.5) is 10.1 Å². The third-order valence-corrected chi connectivity index (χ3v) is 2.81. The van der Waals surface area contributed by atoms with Crippen LogP contribution in [-0.2, 0) is 6.61 Å². The number of nitrogens with two attached hydrogens (primary N) is 1. The number of hydrogen-bond acceptors (Lipinski definition) is 4. The summed E-state index contributed by atoms with van der Waals surface area (Å²) < 4.78 is 19.4. The van der Waals surface area contributed by atoms with Crippen molar-refractivity contribution in [3.05, 3.63) is 69.5 Å². The minimum absolute atomic E-state index is 0.0290. The van der Waals surface area contributed by atoms with Gasteiger partial charge in [0.2, 0.25) is 0 Å². The van der Waals surface area contributed by atoms with E-state index >= 15 is 0 Å². The second-order valence-corrected chi connectivity index (χ2v) is 4.21. The molecule has 3 N–H and O–H groups in total. The van der Waals surface area contributed by atoms with Crippen LogP contribution in [0.15, 0.2) is 42.5 Å². The Balaban J connectivity index is 2.23. The SMILES string of the molecule is N=C(N)c1cccc(COc2ccccc2[N+](=O)[O-])c1F. The van der Waals surface area contributed by atoms with Crippen LogP contribution in [-0.4, -0.2) is 10.8 Å². The molecule has 7 heteroatoms. The summed E-state index contributed by atoms with van der Waals surface area (Å²) in [5, 5.41) is 18.1. The molecule has 0 aliphatic heterocycles. The average Bonchev–Trinajstić information content (AvgIpc) is 2.46. The highest BCUT2D eigenvalue weighted by Gasteiger charge is 2.15. The molecule has 0 radical (unpaired) electrons. The molecule has 0 bridgehead atoms. The van der Waals surface area contributed by atoms with Crippen LogP contribution in [0.2, 0.25) is 0 Å². The summed E-state index contributed by atoms with van der Waals surface area (Å²) >= 11 is 0. The Bertz CT molecular complexity index is 704. The molecule has 0 fully saturated rings. The molecule has 0 saturated heterocycles. The number of nitro benzene ring substituents is 1. The van der Waals surface area contributed by atoms with E-state index in [0.717, 1.165) is 0 Å². The summed E-state index contributed by atoms with van der Waals surface area (Å²) in [5.41, 5.74) is 5.21. The van der Waals surface area contributed by atoms with Gasteiger partial charge in [0.15, 0.2) is 5.75 Å². The van der Waals surface area contributed by atoms with E-state index in [1.165, 1.54) is 36.4 Å². The van der Waals surface area contributed by atoms with Gasteiger partial charge in [-0.05, 0) is 12.1 Å². The molecule has 6 nitrogen and oxygen atoms in total. The number of nitrogens with zero attached hydrogens (tertiary/aromatic N) is 1. The number of para-hydroxylation sites is 2. The van der Waals surface area contributed by atoms with Gasteiger partial charge in [-0.3, -0.25) is 15.5 Å². The van der Waals surface area contributed by atoms with Crippen LogP contribution in [0.1, 0.15) is 11.1 Å². The molecule has 0 unspecified atom stereocenters. The molecule has 108 valence electrons. The molecule has 0 aromatic heterocycles. The molecule has 0 atom stereocenters. The number of ether oxygens (including phenoxy) is 1. The lowest BCUT2D eigenvalue weighted by atomic mass is 10.1. The van der Waals surface area contributed by atoms with Gasteiger partial charge in [-0.25, -0.2) is 4.39 Å². The molecular weight excluding hydrogens is 277 g/mol. The van der Waals surface area contributed by atoms with Crippen LogP contribution in [0.3, 0.4) is 0 Å². The second kappa shape index (κ2) is 6.00. The molecule has 0 spiro atoms. The first-order valence-corrected chi connectivity index (χ1v) is 5.98. The maximum Gasteiger partial charge on any atom is 0.310 e. The lowest BCUT2D eigenvalue weighted by molar-refractivity contribution is -0.385. The summed E-state index contributed by atoms with van der Waals surface area (Å²) in [6, 6.07) is 10.2. The zero-order valence-electron chi connectivity index (χ0n) is 10.9. The van der Waals surface area contributed by atoms with Crippen molar-refractivity contribution in [2.75, 3.05) is 0 Å². The highest BCUT2D eigenvalue weighted by Crippen LogP contribution is 2.27. The predicted molar refractivity (Wildman–Crippen MR) is 74.8 cm³/mol. The van der Waals surface area contributed by atoms with Gasteiger partial charge in [0.25, 0.3) is 0 Å². The van der Waals surface area contributed by atoms with Crippen LogP contribution in [0, 0.1) is 21.3 Å². The molecule has 2 rings (SSSR count). The normalized spacial score (nSPS) is 10.1. The van der Waals surface area contributed by atoms with Gasteiger partial charge in [0.05, 0.1) is 10.5 Å². The zero-order chi connectivity index (χ0) is 15.4. The molecule has 2 aromatic rings. The van der Waals surface area contributed by atoms with E-state index < -0.39 is 10.7 Å². The Morgan fingerprint density at radius 2 is 2.00 bits per heavy atom. The summed E-state index contributed by atoms with van der Waals surface area (Å²) in [5.74, 6) is -1.00. The summed E-state index contributed by atoms with van der Waals surface area (Å²) in [4.78, 5) is 10.3. The van der Waals surface area contributed by atoms with Crippen LogP contribution in [0.5, 0.6) is 5.75 Å². The molecule has 21 heavy (non-hydrogen) atoms. The topological polar surface area (TPSA) is 102 Å². The molecular formula is C14H12FN3O3. The third-order valence-electron chi connectivity index (χ3n) is 2.81. The van der Waals surface area contributed by atoms with E-state index in [1.54, 1.807) is 6.07 Å². The Hall–Kier alpha value is -2.96. The highest BCUT2D eigenvalue weighted by atomic mass is 19.1. The Labute approximate surface area is 119 Å². The fourth-order valence-corrected chi connectivity index (χ4v) is 1.78. The first kappa shape index (κ1) is 14.4. The second-order valence-electron chi connectivity index (χ2n) is 4.21. The smallest absolute Gasteiger partial charge is 0.310 e. The number of rotatable bonds is 5. The molecule has 0 amide bonds. The first-order valence-electron chi connectivity index (χ1n) is 5.98. The number of nitrogen functional groups attached to an aromatic ring is 1. The lowest BCUT2D eigenvalue weighted by Gasteiger charge is -2.09. The zero-order valence-corrected chi connectivity index (χ0v) is 10.9. The largest absolute Gasteiger partial charge is 0.482 e. The summed E-state index contributed by atoms with van der Waals surface area (Å²) in [6.45, 7) is -0.197. The number of hydrogen-bond donors (Lipinski definition) is 2. The number of nitrogens with one attached hydrogen (secondary N) is 1. The quantitative estimate of drug-likeness (QED) is 0.382. The van der Waals surface area contributed by atoms with Gasteiger partial charge in [-0.2, -0.15) is 0 Å².